The van der Waals surface area contributed by atoms with Gasteiger partial charge in [0.25, 0.3) is 0 Å². The van der Waals surface area contributed by atoms with Crippen molar-refractivity contribution in [2.45, 2.75) is 124 Å². The summed E-state index contributed by atoms with van der Waals surface area (Å²) in [5.74, 6) is 2.17. The minimum atomic E-state index is -1.16. The first-order chi connectivity index (χ1) is 26.2. The lowest BCUT2D eigenvalue weighted by Crippen LogP contribution is -2.70. The molecule has 4 aliphatic carbocycles. The molecule has 302 valence electrons. The van der Waals surface area contributed by atoms with Gasteiger partial charge in [-0.1, -0.05) is 60.1 Å². The van der Waals surface area contributed by atoms with Gasteiger partial charge in [-0.25, -0.2) is 14.5 Å². The summed E-state index contributed by atoms with van der Waals surface area (Å²) in [6, 6.07) is 3.92. The molecule has 11 atom stereocenters. The van der Waals surface area contributed by atoms with Crippen LogP contribution in [-0.2, 0) is 18.9 Å². The van der Waals surface area contributed by atoms with Crippen molar-refractivity contribution in [3.05, 3.63) is 42.5 Å². The van der Waals surface area contributed by atoms with Crippen LogP contribution in [0.2, 0.25) is 0 Å². The molecule has 0 radical (unpaired) electrons. The number of carboxylic acid groups (broad SMARTS) is 1. The Kier molecular flexibility index (Phi) is 9.86. The Morgan fingerprint density at radius 1 is 1.05 bits per heavy atom. The molecular weight excluding hydrogens is 695 g/mol. The first-order valence-electron chi connectivity index (χ1n) is 21.0. The standard InChI is InChI=1S/C44H65N5O6/c1-28(2)29(3)39(4)15-16-41(6)31-11-12-34-40(5)24-53-26-44(34,32(31)13-14-42(41,7)37(39)55-38(50)51)22-33(35(40)54-25-43(45-8)17-20-52-21-18-43)49-36(47-27-48-49)30-10-9-19-46-23-30/h9-10,13,19,23,27-29,31,33-35,37,45H,11-12,14-18,20-22,24-26H2,1-8H3,(H,50,51)/t29-,31+,33-,34+,35+,37-,39-,40-,41-,42-,44+/m1/s1. The molecule has 11 nitrogen and oxygen atoms in total. The number of allylic oxidation sites excluding steroid dienone is 1. The Morgan fingerprint density at radius 2 is 1.84 bits per heavy atom. The van der Waals surface area contributed by atoms with Gasteiger partial charge < -0.3 is 29.4 Å². The van der Waals surface area contributed by atoms with Crippen LogP contribution in [-0.4, -0.2) is 88.8 Å². The minimum Gasteiger partial charge on any atom is -0.450 e. The monoisotopic (exact) mass is 759 g/mol. The number of nitrogens with one attached hydrogen (secondary N) is 1. The highest BCUT2D eigenvalue weighted by molar-refractivity contribution is 5.57. The smallest absolute Gasteiger partial charge is 0.450 e. The number of rotatable bonds is 9. The van der Waals surface area contributed by atoms with Crippen molar-refractivity contribution < 1.29 is 28.8 Å². The molecule has 2 bridgehead atoms. The molecule has 4 heterocycles. The third-order valence-corrected chi connectivity index (χ3v) is 17.3. The number of fused-ring (bicyclic) bond motifs is 3. The number of aromatic nitrogens is 4. The minimum absolute atomic E-state index is 0.0954. The second-order valence-electron chi connectivity index (χ2n) is 19.8. The van der Waals surface area contributed by atoms with E-state index in [4.69, 9.17) is 29.0 Å². The van der Waals surface area contributed by atoms with Crippen LogP contribution in [0.25, 0.3) is 11.4 Å². The molecule has 2 aromatic heterocycles. The number of hydrogen-bond acceptors (Lipinski definition) is 9. The molecule has 2 N–H and O–H groups in total. The fraction of sp³-hybridized carbons (Fsp3) is 0.773. The lowest BCUT2D eigenvalue weighted by Gasteiger charge is -2.71. The van der Waals surface area contributed by atoms with Crippen molar-refractivity contribution >= 4 is 6.16 Å². The zero-order valence-corrected chi connectivity index (χ0v) is 34.5. The average Bonchev–Trinajstić information content (AvgIpc) is 3.67. The largest absolute Gasteiger partial charge is 0.506 e. The molecular formula is C44H65N5O6. The summed E-state index contributed by atoms with van der Waals surface area (Å²) in [6.45, 7) is 19.7. The topological polar surface area (TPSA) is 130 Å². The van der Waals surface area contributed by atoms with Gasteiger partial charge in [0.2, 0.25) is 0 Å². The summed E-state index contributed by atoms with van der Waals surface area (Å²) in [4.78, 5) is 21.8. The summed E-state index contributed by atoms with van der Waals surface area (Å²) in [6.07, 6.45) is 13.7. The van der Waals surface area contributed by atoms with E-state index in [1.165, 1.54) is 5.57 Å². The van der Waals surface area contributed by atoms with Crippen molar-refractivity contribution in [3.8, 4) is 11.4 Å². The first-order valence-corrected chi connectivity index (χ1v) is 21.0. The zero-order chi connectivity index (χ0) is 39.0. The molecule has 55 heavy (non-hydrogen) atoms. The van der Waals surface area contributed by atoms with Crippen molar-refractivity contribution in [3.63, 3.8) is 0 Å². The number of pyridine rings is 1. The van der Waals surface area contributed by atoms with Gasteiger partial charge in [-0.2, -0.15) is 5.10 Å². The van der Waals surface area contributed by atoms with Crippen LogP contribution in [0.15, 0.2) is 42.5 Å². The fourth-order valence-corrected chi connectivity index (χ4v) is 13.5. The number of likely N-dealkylation sites (N-methyl/N-ethyl adjacent to an activating group) is 1. The van der Waals surface area contributed by atoms with E-state index in [0.29, 0.717) is 37.6 Å². The third kappa shape index (κ3) is 5.78. The number of carbonyl (C=O) groups is 1. The van der Waals surface area contributed by atoms with Gasteiger partial charge >= 0.3 is 6.16 Å². The molecule has 2 aromatic rings. The molecule has 2 saturated heterocycles. The maximum atomic E-state index is 12.5. The van der Waals surface area contributed by atoms with Gasteiger partial charge in [-0.15, -0.1) is 0 Å². The van der Waals surface area contributed by atoms with Crippen molar-refractivity contribution in [1.29, 1.82) is 0 Å². The predicted molar refractivity (Wildman–Crippen MR) is 209 cm³/mol. The van der Waals surface area contributed by atoms with Gasteiger partial charge in [0.1, 0.15) is 12.4 Å². The third-order valence-electron chi connectivity index (χ3n) is 17.3. The molecule has 8 rings (SSSR count). The number of ether oxygens (including phenoxy) is 4. The number of hydrogen-bond donors (Lipinski definition) is 2. The highest BCUT2D eigenvalue weighted by atomic mass is 16.7. The highest BCUT2D eigenvalue weighted by Gasteiger charge is 2.72. The van der Waals surface area contributed by atoms with Gasteiger partial charge in [0, 0.05) is 58.4 Å². The van der Waals surface area contributed by atoms with E-state index >= 15 is 0 Å². The van der Waals surface area contributed by atoms with Crippen LogP contribution in [0.5, 0.6) is 0 Å². The van der Waals surface area contributed by atoms with E-state index in [9.17, 15) is 9.90 Å². The Morgan fingerprint density at radius 3 is 2.53 bits per heavy atom. The van der Waals surface area contributed by atoms with Crippen LogP contribution in [0.1, 0.15) is 106 Å². The van der Waals surface area contributed by atoms with Crippen LogP contribution in [0, 0.1) is 50.7 Å². The average molecular weight is 760 g/mol. The molecule has 11 heteroatoms. The fourth-order valence-electron chi connectivity index (χ4n) is 13.5. The van der Waals surface area contributed by atoms with E-state index in [0.717, 1.165) is 76.0 Å². The van der Waals surface area contributed by atoms with Gasteiger partial charge in [0.15, 0.2) is 5.82 Å². The summed E-state index contributed by atoms with van der Waals surface area (Å²) in [7, 11) is 2.05. The highest BCUT2D eigenvalue weighted by Crippen LogP contribution is 2.74. The predicted octanol–water partition coefficient (Wildman–Crippen LogP) is 7.99. The van der Waals surface area contributed by atoms with E-state index in [2.05, 4.69) is 82.6 Å². The molecule has 2 aliphatic heterocycles. The maximum Gasteiger partial charge on any atom is 0.506 e. The Hall–Kier alpha value is -2.86. The second-order valence-corrected chi connectivity index (χ2v) is 19.8. The SMILES string of the molecule is CNC1(CO[C@H]2[C@H](n3ncnc3-c3cccnc3)C[C@@]34COC[C@]2(C)[C@@H]3CC[C@H]2C4=CC[C@]3(C)[C@H](OC(=O)O)[C@@](C)([C@H](C)C(C)C)CC[C@]23C)CCOCC1. The summed E-state index contributed by atoms with van der Waals surface area (Å²) >= 11 is 0. The molecule has 5 fully saturated rings. The molecule has 6 aliphatic rings. The van der Waals surface area contributed by atoms with E-state index < -0.39 is 12.3 Å². The van der Waals surface area contributed by atoms with Crippen LogP contribution >= 0.6 is 0 Å². The quantitative estimate of drug-likeness (QED) is 0.192. The summed E-state index contributed by atoms with van der Waals surface area (Å²) in [5.41, 5.74) is 1.01. The van der Waals surface area contributed by atoms with Crippen molar-refractivity contribution in [2.24, 2.45) is 50.7 Å². The summed E-state index contributed by atoms with van der Waals surface area (Å²) < 4.78 is 28.3. The van der Waals surface area contributed by atoms with Crippen LogP contribution in [0.4, 0.5) is 4.79 Å². The Labute approximate surface area is 327 Å². The Bertz CT molecular complexity index is 1760. The summed E-state index contributed by atoms with van der Waals surface area (Å²) in [5, 5.41) is 18.9. The van der Waals surface area contributed by atoms with Crippen molar-refractivity contribution in [1.82, 2.24) is 25.1 Å². The van der Waals surface area contributed by atoms with E-state index in [1.807, 2.05) is 12.3 Å². The lowest BCUT2D eigenvalue weighted by atomic mass is 9.35. The normalized spacial score (nSPS) is 41.3. The van der Waals surface area contributed by atoms with E-state index in [1.54, 1.807) is 12.5 Å². The molecule has 0 amide bonds. The first kappa shape index (κ1) is 39.0. The Balaban J connectivity index is 1.23. The maximum absolute atomic E-state index is 12.5. The van der Waals surface area contributed by atoms with Gasteiger partial charge in [-0.05, 0) is 99.6 Å². The van der Waals surface area contributed by atoms with Crippen molar-refractivity contribution in [2.75, 3.05) is 40.1 Å². The second kappa shape index (κ2) is 13.9. The van der Waals surface area contributed by atoms with Crippen LogP contribution < -0.4 is 5.32 Å². The van der Waals surface area contributed by atoms with Crippen LogP contribution in [0.3, 0.4) is 0 Å². The van der Waals surface area contributed by atoms with Gasteiger partial charge in [-0.3, -0.25) is 4.98 Å². The van der Waals surface area contributed by atoms with E-state index in [-0.39, 0.29) is 50.7 Å². The lowest BCUT2D eigenvalue weighted by molar-refractivity contribution is -0.257. The molecule has 0 unspecified atom stereocenters. The zero-order valence-electron chi connectivity index (χ0n) is 34.5. The molecule has 0 aromatic carbocycles. The molecule has 0 spiro atoms. The molecule has 3 saturated carbocycles. The number of nitrogens with zero attached hydrogens (tertiary/aromatic N) is 4. The van der Waals surface area contributed by atoms with Gasteiger partial charge in [0.05, 0.1) is 32.0 Å².